The van der Waals surface area contributed by atoms with E-state index in [1.807, 2.05) is 37.3 Å². The zero-order valence-corrected chi connectivity index (χ0v) is 16.0. The molecule has 1 atom stereocenters. The summed E-state index contributed by atoms with van der Waals surface area (Å²) in [4.78, 5) is 12.5. The van der Waals surface area contributed by atoms with Crippen LogP contribution >= 0.6 is 11.6 Å². The van der Waals surface area contributed by atoms with Crippen molar-refractivity contribution in [3.05, 3.63) is 83.8 Å². The van der Waals surface area contributed by atoms with Gasteiger partial charge in [0, 0.05) is 35.1 Å². The molecule has 28 heavy (non-hydrogen) atoms. The lowest BCUT2D eigenvalue weighted by atomic mass is 9.98. The van der Waals surface area contributed by atoms with E-state index in [4.69, 9.17) is 11.6 Å². The van der Waals surface area contributed by atoms with Crippen molar-refractivity contribution in [1.82, 2.24) is 15.0 Å². The van der Waals surface area contributed by atoms with Gasteiger partial charge in [-0.3, -0.25) is 4.98 Å². The maximum Gasteiger partial charge on any atom is 0.128 e. The van der Waals surface area contributed by atoms with E-state index in [2.05, 4.69) is 20.3 Å². The van der Waals surface area contributed by atoms with Crippen molar-refractivity contribution < 1.29 is 4.39 Å². The van der Waals surface area contributed by atoms with Gasteiger partial charge in [0.2, 0.25) is 0 Å². The Labute approximate surface area is 167 Å². The number of halogens is 2. The highest BCUT2D eigenvalue weighted by molar-refractivity contribution is 6.34. The Morgan fingerprint density at radius 3 is 2.61 bits per heavy atom. The first-order valence-electron chi connectivity index (χ1n) is 9.02. The second kappa shape index (κ2) is 7.90. The summed E-state index contributed by atoms with van der Waals surface area (Å²) in [6.07, 6.45) is 7.20. The van der Waals surface area contributed by atoms with Gasteiger partial charge in [0.1, 0.15) is 12.1 Å². The molecule has 0 aliphatic rings. The van der Waals surface area contributed by atoms with Gasteiger partial charge in [0.25, 0.3) is 0 Å². The Morgan fingerprint density at radius 2 is 1.82 bits per heavy atom. The van der Waals surface area contributed by atoms with Gasteiger partial charge in [-0.05, 0) is 30.2 Å². The number of hydrogen-bond acceptors (Lipinski definition) is 4. The van der Waals surface area contributed by atoms with Crippen LogP contribution in [0.4, 0.5) is 10.1 Å². The van der Waals surface area contributed by atoms with Gasteiger partial charge < -0.3 is 5.32 Å². The third-order valence-electron chi connectivity index (χ3n) is 4.72. The summed E-state index contributed by atoms with van der Waals surface area (Å²) >= 11 is 6.42. The SMILES string of the molecule is CCC(Nc1c(Cl)cnc2ccccc12)c1cc(-c2cncnc2)ccc1F. The normalized spacial score (nSPS) is 12.1. The van der Waals surface area contributed by atoms with Crippen LogP contribution in [-0.4, -0.2) is 15.0 Å². The van der Waals surface area contributed by atoms with Crippen LogP contribution in [0.5, 0.6) is 0 Å². The standard InChI is InChI=1S/C22H18ClFN4/c1-2-20(28-22-16-5-3-4-6-21(16)27-12-18(22)23)17-9-14(7-8-19(17)24)15-10-25-13-26-11-15/h3-13,20H,2H2,1H3,(H,27,28). The minimum absolute atomic E-state index is 0.257. The zero-order chi connectivity index (χ0) is 19.5. The fraction of sp³-hybridized carbons (Fsp3) is 0.136. The zero-order valence-electron chi connectivity index (χ0n) is 15.2. The summed E-state index contributed by atoms with van der Waals surface area (Å²) in [5.74, 6) is -0.269. The monoisotopic (exact) mass is 392 g/mol. The maximum absolute atomic E-state index is 14.7. The van der Waals surface area contributed by atoms with Crippen LogP contribution in [0, 0.1) is 5.82 Å². The molecule has 2 aromatic heterocycles. The Balaban J connectivity index is 1.76. The lowest BCUT2D eigenvalue weighted by molar-refractivity contribution is 0.588. The lowest BCUT2D eigenvalue weighted by Crippen LogP contribution is -2.12. The Hall–Kier alpha value is -3.05. The molecule has 1 N–H and O–H groups in total. The molecule has 140 valence electrons. The van der Waals surface area contributed by atoms with E-state index in [1.54, 1.807) is 24.7 Å². The molecule has 0 amide bonds. The van der Waals surface area contributed by atoms with Crippen molar-refractivity contribution >= 4 is 28.2 Å². The van der Waals surface area contributed by atoms with E-state index in [9.17, 15) is 4.39 Å². The van der Waals surface area contributed by atoms with E-state index in [0.29, 0.717) is 17.0 Å². The number of nitrogens with zero attached hydrogens (tertiary/aromatic N) is 3. The van der Waals surface area contributed by atoms with Crippen LogP contribution in [0.15, 0.2) is 67.4 Å². The molecule has 0 aliphatic carbocycles. The molecule has 0 saturated heterocycles. The largest absolute Gasteiger partial charge is 0.376 e. The van der Waals surface area contributed by atoms with Gasteiger partial charge in [-0.15, -0.1) is 0 Å². The number of para-hydroxylation sites is 1. The quantitative estimate of drug-likeness (QED) is 0.449. The molecule has 0 saturated carbocycles. The smallest absolute Gasteiger partial charge is 0.128 e. The van der Waals surface area contributed by atoms with Crippen LogP contribution in [0.3, 0.4) is 0 Å². The molecule has 0 radical (unpaired) electrons. The highest BCUT2D eigenvalue weighted by Crippen LogP contribution is 2.35. The van der Waals surface area contributed by atoms with Crippen molar-refractivity contribution in [2.24, 2.45) is 0 Å². The van der Waals surface area contributed by atoms with E-state index in [0.717, 1.165) is 27.7 Å². The summed E-state index contributed by atoms with van der Waals surface area (Å²) in [5, 5.41) is 4.84. The average Bonchev–Trinajstić information content (AvgIpc) is 2.74. The summed E-state index contributed by atoms with van der Waals surface area (Å²) in [6, 6.07) is 12.5. The first-order valence-corrected chi connectivity index (χ1v) is 9.39. The first kappa shape index (κ1) is 18.3. The number of rotatable bonds is 5. The summed E-state index contributed by atoms with van der Waals surface area (Å²) < 4.78 is 14.7. The summed E-state index contributed by atoms with van der Waals surface area (Å²) in [5.41, 5.74) is 3.86. The van der Waals surface area contributed by atoms with Gasteiger partial charge in [-0.1, -0.05) is 42.8 Å². The minimum atomic E-state index is -0.269. The van der Waals surface area contributed by atoms with Crippen molar-refractivity contribution in [2.45, 2.75) is 19.4 Å². The van der Waals surface area contributed by atoms with Crippen molar-refractivity contribution in [3.63, 3.8) is 0 Å². The van der Waals surface area contributed by atoms with Gasteiger partial charge in [-0.2, -0.15) is 0 Å². The number of nitrogens with one attached hydrogen (secondary N) is 1. The number of anilines is 1. The second-order valence-corrected chi connectivity index (χ2v) is 6.87. The number of fused-ring (bicyclic) bond motifs is 1. The molecule has 4 rings (SSSR count). The average molecular weight is 393 g/mol. The molecule has 2 heterocycles. The van der Waals surface area contributed by atoms with E-state index < -0.39 is 0 Å². The molecule has 6 heteroatoms. The number of pyridine rings is 1. The molecule has 0 spiro atoms. The predicted molar refractivity (Wildman–Crippen MR) is 111 cm³/mol. The molecule has 2 aromatic carbocycles. The van der Waals surface area contributed by atoms with Crippen LogP contribution in [-0.2, 0) is 0 Å². The Morgan fingerprint density at radius 1 is 1.04 bits per heavy atom. The Bertz CT molecular complexity index is 1120. The third-order valence-corrected chi connectivity index (χ3v) is 5.01. The van der Waals surface area contributed by atoms with Crippen molar-refractivity contribution in [3.8, 4) is 11.1 Å². The molecular formula is C22H18ClFN4. The highest BCUT2D eigenvalue weighted by atomic mass is 35.5. The molecule has 1 unspecified atom stereocenters. The fourth-order valence-corrected chi connectivity index (χ4v) is 3.48. The fourth-order valence-electron chi connectivity index (χ4n) is 3.28. The topological polar surface area (TPSA) is 50.7 Å². The minimum Gasteiger partial charge on any atom is -0.376 e. The molecular weight excluding hydrogens is 375 g/mol. The van der Waals surface area contributed by atoms with Gasteiger partial charge >= 0.3 is 0 Å². The first-order chi connectivity index (χ1) is 13.7. The van der Waals surface area contributed by atoms with Gasteiger partial charge in [0.05, 0.1) is 22.3 Å². The van der Waals surface area contributed by atoms with Crippen molar-refractivity contribution in [2.75, 3.05) is 5.32 Å². The molecule has 4 nitrogen and oxygen atoms in total. The molecule has 0 fully saturated rings. The van der Waals surface area contributed by atoms with Gasteiger partial charge in [-0.25, -0.2) is 14.4 Å². The van der Waals surface area contributed by atoms with Crippen LogP contribution in [0.25, 0.3) is 22.0 Å². The molecule has 0 bridgehead atoms. The second-order valence-electron chi connectivity index (χ2n) is 6.47. The predicted octanol–water partition coefficient (Wildman–Crippen LogP) is 6.05. The third kappa shape index (κ3) is 3.53. The molecule has 4 aromatic rings. The highest BCUT2D eigenvalue weighted by Gasteiger charge is 2.18. The van der Waals surface area contributed by atoms with E-state index >= 15 is 0 Å². The summed E-state index contributed by atoms with van der Waals surface area (Å²) in [6.45, 7) is 2.01. The number of benzene rings is 2. The number of hydrogen-bond donors (Lipinski definition) is 1. The van der Waals surface area contributed by atoms with Gasteiger partial charge in [0.15, 0.2) is 0 Å². The Kier molecular flexibility index (Phi) is 5.17. The van der Waals surface area contributed by atoms with Crippen LogP contribution < -0.4 is 5.32 Å². The lowest BCUT2D eigenvalue weighted by Gasteiger charge is -2.22. The van der Waals surface area contributed by atoms with Crippen LogP contribution in [0.2, 0.25) is 5.02 Å². The van der Waals surface area contributed by atoms with E-state index in [1.165, 1.54) is 12.4 Å². The molecule has 0 aliphatic heterocycles. The summed E-state index contributed by atoms with van der Waals surface area (Å²) in [7, 11) is 0. The number of aromatic nitrogens is 3. The maximum atomic E-state index is 14.7. The van der Waals surface area contributed by atoms with Crippen molar-refractivity contribution in [1.29, 1.82) is 0 Å². The van der Waals surface area contributed by atoms with Crippen LogP contribution in [0.1, 0.15) is 24.9 Å². The van der Waals surface area contributed by atoms with E-state index in [-0.39, 0.29) is 11.9 Å².